The Kier molecular flexibility index (Phi) is 10.5. The summed E-state index contributed by atoms with van der Waals surface area (Å²) in [4.78, 5) is 35.1. The van der Waals surface area contributed by atoms with E-state index in [1.807, 2.05) is 6.92 Å². The third-order valence-electron chi connectivity index (χ3n) is 5.07. The van der Waals surface area contributed by atoms with Gasteiger partial charge >= 0.3 is 0 Å². The van der Waals surface area contributed by atoms with Crippen molar-refractivity contribution in [3.8, 4) is 5.75 Å². The minimum Gasteiger partial charge on any atom is -0.463 e. The van der Waals surface area contributed by atoms with Crippen molar-refractivity contribution in [2.24, 2.45) is 0 Å². The first-order valence-corrected chi connectivity index (χ1v) is 11.0. The van der Waals surface area contributed by atoms with Crippen LogP contribution in [0.15, 0.2) is 24.3 Å². The van der Waals surface area contributed by atoms with Crippen LogP contribution in [0.5, 0.6) is 5.75 Å². The fourth-order valence-corrected chi connectivity index (χ4v) is 3.29. The van der Waals surface area contributed by atoms with Gasteiger partial charge in [-0.05, 0) is 30.7 Å². The minimum absolute atomic E-state index is 0.0743. The van der Waals surface area contributed by atoms with Crippen molar-refractivity contribution >= 4 is 23.4 Å². The van der Waals surface area contributed by atoms with E-state index in [1.165, 1.54) is 6.92 Å². The van der Waals surface area contributed by atoms with Crippen LogP contribution in [-0.4, -0.2) is 76.8 Å². The van der Waals surface area contributed by atoms with Crippen LogP contribution in [0.1, 0.15) is 39.5 Å². The lowest BCUT2D eigenvalue weighted by molar-refractivity contribution is -0.244. The van der Waals surface area contributed by atoms with E-state index in [9.17, 15) is 29.7 Å². The Labute approximate surface area is 192 Å². The van der Waals surface area contributed by atoms with Crippen LogP contribution in [0, 0.1) is 0 Å². The van der Waals surface area contributed by atoms with E-state index in [1.54, 1.807) is 24.3 Å². The first kappa shape index (κ1) is 26.5. The van der Waals surface area contributed by atoms with Gasteiger partial charge < -0.3 is 40.7 Å². The van der Waals surface area contributed by atoms with E-state index in [2.05, 4.69) is 16.0 Å². The second-order valence-electron chi connectivity index (χ2n) is 7.83. The van der Waals surface area contributed by atoms with Crippen molar-refractivity contribution in [1.82, 2.24) is 10.6 Å². The van der Waals surface area contributed by atoms with Gasteiger partial charge in [-0.3, -0.25) is 14.4 Å². The molecule has 1 saturated heterocycles. The summed E-state index contributed by atoms with van der Waals surface area (Å²) in [7, 11) is 0. The molecular formula is C22H33N3O8. The van der Waals surface area contributed by atoms with E-state index in [4.69, 9.17) is 9.47 Å². The number of benzene rings is 1. The number of rotatable bonds is 11. The normalized spacial score (nSPS) is 24.6. The molecule has 0 bridgehead atoms. The van der Waals surface area contributed by atoms with Gasteiger partial charge in [0.25, 0.3) is 0 Å². The summed E-state index contributed by atoms with van der Waals surface area (Å²) in [6, 6.07) is 5.24. The molecule has 1 aromatic carbocycles. The molecule has 1 aliphatic rings. The van der Waals surface area contributed by atoms with Crippen LogP contribution in [0.25, 0.3) is 0 Å². The van der Waals surface area contributed by atoms with Crippen LogP contribution in [-0.2, 0) is 19.1 Å². The lowest BCUT2D eigenvalue weighted by Gasteiger charge is -2.42. The fourth-order valence-electron chi connectivity index (χ4n) is 3.29. The molecule has 0 radical (unpaired) electrons. The lowest BCUT2D eigenvalue weighted by atomic mass is 9.97. The van der Waals surface area contributed by atoms with E-state index < -0.39 is 43.2 Å². The number of hydrogen-bond acceptors (Lipinski definition) is 8. The number of nitrogens with one attached hydrogen (secondary N) is 3. The predicted octanol–water partition coefficient (Wildman–Crippen LogP) is -0.356. The highest BCUT2D eigenvalue weighted by Crippen LogP contribution is 2.25. The molecule has 5 atom stereocenters. The molecule has 1 fully saturated rings. The van der Waals surface area contributed by atoms with Crippen LogP contribution in [0.4, 0.5) is 5.69 Å². The number of hydrogen-bond donors (Lipinski definition) is 6. The van der Waals surface area contributed by atoms with Gasteiger partial charge in [0.1, 0.15) is 30.1 Å². The van der Waals surface area contributed by atoms with Gasteiger partial charge in [-0.15, -0.1) is 0 Å². The van der Waals surface area contributed by atoms with E-state index >= 15 is 0 Å². The molecule has 11 nitrogen and oxygen atoms in total. The average molecular weight is 468 g/mol. The van der Waals surface area contributed by atoms with Crippen molar-refractivity contribution in [1.29, 1.82) is 0 Å². The van der Waals surface area contributed by atoms with Gasteiger partial charge in [0.2, 0.25) is 24.0 Å². The van der Waals surface area contributed by atoms with Crippen molar-refractivity contribution in [2.75, 3.05) is 18.5 Å². The van der Waals surface area contributed by atoms with E-state index in [0.717, 1.165) is 12.8 Å². The van der Waals surface area contributed by atoms with E-state index in [0.29, 0.717) is 17.9 Å². The maximum Gasteiger partial charge on any atom is 0.226 e. The van der Waals surface area contributed by atoms with Gasteiger partial charge in [0, 0.05) is 32.0 Å². The summed E-state index contributed by atoms with van der Waals surface area (Å²) in [6.45, 7) is 2.96. The molecule has 0 spiro atoms. The number of ether oxygens (including phenoxy) is 2. The largest absolute Gasteiger partial charge is 0.463 e. The van der Waals surface area contributed by atoms with Gasteiger partial charge in [0.15, 0.2) is 0 Å². The Hall–Kier alpha value is -2.73. The zero-order chi connectivity index (χ0) is 24.4. The molecule has 1 aromatic rings. The number of anilines is 1. The monoisotopic (exact) mass is 467 g/mol. The molecule has 3 amide bonds. The van der Waals surface area contributed by atoms with Crippen LogP contribution in [0.3, 0.4) is 0 Å². The third kappa shape index (κ3) is 8.28. The molecule has 6 N–H and O–H groups in total. The summed E-state index contributed by atoms with van der Waals surface area (Å²) in [5, 5.41) is 37.6. The molecule has 0 aromatic heterocycles. The van der Waals surface area contributed by atoms with Crippen LogP contribution in [0.2, 0.25) is 0 Å². The van der Waals surface area contributed by atoms with Gasteiger partial charge in [0.05, 0.1) is 6.61 Å². The number of carbonyl (C=O) groups excluding carboxylic acids is 3. The van der Waals surface area contributed by atoms with Crippen LogP contribution >= 0.6 is 0 Å². The van der Waals surface area contributed by atoms with Crippen molar-refractivity contribution in [3.05, 3.63) is 24.3 Å². The number of carbonyl (C=O) groups is 3. The first-order chi connectivity index (χ1) is 15.7. The van der Waals surface area contributed by atoms with Crippen molar-refractivity contribution < 1.29 is 39.2 Å². The maximum atomic E-state index is 12.1. The number of aliphatic hydroxyl groups is 3. The molecule has 33 heavy (non-hydrogen) atoms. The second-order valence-corrected chi connectivity index (χ2v) is 7.83. The Balaban J connectivity index is 1.90. The molecule has 2 rings (SSSR count). The minimum atomic E-state index is -1.41. The quantitative estimate of drug-likeness (QED) is 0.257. The molecular weight excluding hydrogens is 434 g/mol. The molecule has 11 heteroatoms. The fraction of sp³-hybridized carbons (Fsp3) is 0.591. The Morgan fingerprint density at radius 3 is 2.36 bits per heavy atom. The Bertz CT molecular complexity index is 788. The second kappa shape index (κ2) is 13.1. The van der Waals surface area contributed by atoms with Gasteiger partial charge in [-0.1, -0.05) is 13.3 Å². The summed E-state index contributed by atoms with van der Waals surface area (Å²) in [5.41, 5.74) is 0.510. The SMILES string of the molecule is CCCCC(=O)NCCC(=O)Nc1ccc(OC2OC(CO)C(O)C(O)C2NC(C)=O)cc1. The maximum absolute atomic E-state index is 12.1. The molecule has 1 heterocycles. The highest BCUT2D eigenvalue weighted by molar-refractivity contribution is 5.91. The Morgan fingerprint density at radius 1 is 1.06 bits per heavy atom. The first-order valence-electron chi connectivity index (χ1n) is 11.0. The molecule has 0 saturated carbocycles. The highest BCUT2D eigenvalue weighted by Gasteiger charge is 2.46. The zero-order valence-electron chi connectivity index (χ0n) is 18.8. The highest BCUT2D eigenvalue weighted by atomic mass is 16.7. The Morgan fingerprint density at radius 2 is 1.76 bits per heavy atom. The van der Waals surface area contributed by atoms with Crippen LogP contribution < -0.4 is 20.7 Å². The summed E-state index contributed by atoms with van der Waals surface area (Å²) < 4.78 is 11.2. The van der Waals surface area contributed by atoms with Gasteiger partial charge in [-0.25, -0.2) is 0 Å². The van der Waals surface area contributed by atoms with Crippen molar-refractivity contribution in [3.63, 3.8) is 0 Å². The predicted molar refractivity (Wildman–Crippen MR) is 118 cm³/mol. The zero-order valence-corrected chi connectivity index (χ0v) is 18.8. The lowest BCUT2D eigenvalue weighted by Crippen LogP contribution is -2.65. The summed E-state index contributed by atoms with van der Waals surface area (Å²) >= 11 is 0. The van der Waals surface area contributed by atoms with Crippen molar-refractivity contribution in [2.45, 2.75) is 70.2 Å². The summed E-state index contributed by atoms with van der Waals surface area (Å²) in [6.07, 6.45) is -2.75. The molecule has 5 unspecified atom stereocenters. The number of aliphatic hydroxyl groups excluding tert-OH is 3. The smallest absolute Gasteiger partial charge is 0.226 e. The van der Waals surface area contributed by atoms with Gasteiger partial charge in [-0.2, -0.15) is 0 Å². The average Bonchev–Trinajstić information content (AvgIpc) is 2.78. The third-order valence-corrected chi connectivity index (χ3v) is 5.07. The van der Waals surface area contributed by atoms with E-state index in [-0.39, 0.29) is 24.8 Å². The molecule has 1 aliphatic heterocycles. The number of unbranched alkanes of at least 4 members (excludes halogenated alkanes) is 1. The molecule has 184 valence electrons. The standard InChI is InChI=1S/C22H33N3O8/c1-3-4-5-17(28)23-11-10-18(29)25-14-6-8-15(9-7-14)32-22-19(24-13(2)27)21(31)20(30)16(12-26)33-22/h6-9,16,19-22,26,30-31H,3-5,10-12H2,1-2H3,(H,23,28)(H,24,27)(H,25,29). The number of amides is 3. The topological polar surface area (TPSA) is 166 Å². The molecule has 0 aliphatic carbocycles. The summed E-state index contributed by atoms with van der Waals surface area (Å²) in [5.74, 6) is -0.472.